The monoisotopic (exact) mass is 297 g/mol. The van der Waals surface area contributed by atoms with E-state index in [1.807, 2.05) is 0 Å². The maximum atomic E-state index is 11.7. The third kappa shape index (κ3) is 6.55. The van der Waals surface area contributed by atoms with E-state index in [-0.39, 0.29) is 6.54 Å². The maximum absolute atomic E-state index is 11.7. The minimum absolute atomic E-state index is 0.120. The third-order valence-electron chi connectivity index (χ3n) is 2.29. The summed E-state index contributed by atoms with van der Waals surface area (Å²) in [4.78, 5) is 34.4. The number of carbonyl (C=O) groups is 3. The molecular formula is C13H19N3O5. The molecule has 0 unspecified atom stereocenters. The Balaban J connectivity index is 2.55. The van der Waals surface area contributed by atoms with Gasteiger partial charge in [-0.1, -0.05) is 0 Å². The first-order valence-corrected chi connectivity index (χ1v) is 6.39. The number of amides is 1. The minimum atomic E-state index is -1.33. The van der Waals surface area contributed by atoms with Crippen molar-refractivity contribution in [3.8, 4) is 0 Å². The zero-order valence-electron chi connectivity index (χ0n) is 12.2. The Morgan fingerprint density at radius 2 is 2.05 bits per heavy atom. The van der Waals surface area contributed by atoms with Gasteiger partial charge in [-0.05, 0) is 26.8 Å². The Morgan fingerprint density at radius 3 is 2.52 bits per heavy atom. The standard InChI is InChI=1S/C13H19N3O5/c1-13(2,3)21-11(18)7-9(12(19)20)15-10(17)8-16-6-4-5-14-16/h4-6,9H,7-8H2,1-3H3,(H,15,17)(H,19,20)/t9-/m0/s1. The molecule has 8 heteroatoms. The van der Waals surface area contributed by atoms with Crippen LogP contribution in [0.3, 0.4) is 0 Å². The summed E-state index contributed by atoms with van der Waals surface area (Å²) >= 11 is 0. The second kappa shape index (κ2) is 6.87. The van der Waals surface area contributed by atoms with Crippen LogP contribution in [0.15, 0.2) is 18.5 Å². The summed E-state index contributed by atoms with van der Waals surface area (Å²) in [5, 5.41) is 15.2. The first kappa shape index (κ1) is 16.7. The van der Waals surface area contributed by atoms with Crippen molar-refractivity contribution in [1.29, 1.82) is 0 Å². The van der Waals surface area contributed by atoms with Crippen LogP contribution < -0.4 is 5.32 Å². The van der Waals surface area contributed by atoms with Crippen molar-refractivity contribution in [3.63, 3.8) is 0 Å². The van der Waals surface area contributed by atoms with Gasteiger partial charge in [0.1, 0.15) is 18.2 Å². The van der Waals surface area contributed by atoms with Crippen molar-refractivity contribution < 1.29 is 24.2 Å². The summed E-state index contributed by atoms with van der Waals surface area (Å²) in [5.74, 6) is -2.53. The van der Waals surface area contributed by atoms with Gasteiger partial charge in [0.25, 0.3) is 0 Å². The number of hydrogen-bond acceptors (Lipinski definition) is 5. The molecule has 21 heavy (non-hydrogen) atoms. The highest BCUT2D eigenvalue weighted by Crippen LogP contribution is 2.09. The minimum Gasteiger partial charge on any atom is -0.480 e. The van der Waals surface area contributed by atoms with Crippen LogP contribution in [-0.4, -0.2) is 44.4 Å². The molecule has 1 heterocycles. The van der Waals surface area contributed by atoms with Crippen LogP contribution in [0.2, 0.25) is 0 Å². The molecule has 1 atom stereocenters. The Bertz CT molecular complexity index is 504. The van der Waals surface area contributed by atoms with Gasteiger partial charge in [-0.25, -0.2) is 4.79 Å². The number of hydrogen-bond donors (Lipinski definition) is 2. The summed E-state index contributed by atoms with van der Waals surface area (Å²) in [6, 6.07) is 0.311. The van der Waals surface area contributed by atoms with Crippen LogP contribution in [0.25, 0.3) is 0 Å². The Kier molecular flexibility index (Phi) is 5.45. The van der Waals surface area contributed by atoms with Crippen LogP contribution in [0.1, 0.15) is 27.2 Å². The summed E-state index contributed by atoms with van der Waals surface area (Å²) < 4.78 is 6.38. The number of rotatable bonds is 6. The number of aliphatic carboxylic acids is 1. The SMILES string of the molecule is CC(C)(C)OC(=O)C[C@H](NC(=O)Cn1cccn1)C(=O)O. The maximum Gasteiger partial charge on any atom is 0.326 e. The number of nitrogens with zero attached hydrogens (tertiary/aromatic N) is 2. The Morgan fingerprint density at radius 1 is 1.38 bits per heavy atom. The molecule has 0 saturated heterocycles. The van der Waals surface area contributed by atoms with E-state index in [2.05, 4.69) is 10.4 Å². The molecule has 0 spiro atoms. The lowest BCUT2D eigenvalue weighted by Gasteiger charge is -2.21. The Labute approximate surface area is 122 Å². The lowest BCUT2D eigenvalue weighted by Crippen LogP contribution is -2.44. The molecule has 0 radical (unpaired) electrons. The second-order valence-corrected chi connectivity index (χ2v) is 5.45. The molecule has 0 aromatic carbocycles. The number of ether oxygens (including phenoxy) is 1. The van der Waals surface area contributed by atoms with Crippen molar-refractivity contribution in [2.75, 3.05) is 0 Å². The fourth-order valence-electron chi connectivity index (χ4n) is 1.53. The molecule has 2 N–H and O–H groups in total. The van der Waals surface area contributed by atoms with Crippen LogP contribution in [0.5, 0.6) is 0 Å². The van der Waals surface area contributed by atoms with Gasteiger partial charge >= 0.3 is 11.9 Å². The summed E-state index contributed by atoms with van der Waals surface area (Å²) in [6.45, 7) is 4.91. The molecular weight excluding hydrogens is 278 g/mol. The number of nitrogens with one attached hydrogen (secondary N) is 1. The second-order valence-electron chi connectivity index (χ2n) is 5.45. The van der Waals surface area contributed by atoms with Crippen molar-refractivity contribution in [3.05, 3.63) is 18.5 Å². The van der Waals surface area contributed by atoms with Crippen molar-refractivity contribution in [1.82, 2.24) is 15.1 Å². The topological polar surface area (TPSA) is 111 Å². The lowest BCUT2D eigenvalue weighted by molar-refractivity contribution is -0.158. The van der Waals surface area contributed by atoms with Crippen molar-refractivity contribution in [2.45, 2.75) is 45.4 Å². The van der Waals surface area contributed by atoms with E-state index in [9.17, 15) is 14.4 Å². The van der Waals surface area contributed by atoms with E-state index in [0.29, 0.717) is 0 Å². The molecule has 8 nitrogen and oxygen atoms in total. The smallest absolute Gasteiger partial charge is 0.326 e. The van der Waals surface area contributed by atoms with E-state index in [4.69, 9.17) is 9.84 Å². The largest absolute Gasteiger partial charge is 0.480 e. The van der Waals surface area contributed by atoms with Gasteiger partial charge in [-0.3, -0.25) is 14.3 Å². The average molecular weight is 297 g/mol. The molecule has 0 fully saturated rings. The summed E-state index contributed by atoms with van der Waals surface area (Å²) in [7, 11) is 0. The van der Waals surface area contributed by atoms with Gasteiger partial charge in [-0.15, -0.1) is 0 Å². The fourth-order valence-corrected chi connectivity index (χ4v) is 1.53. The first-order valence-electron chi connectivity index (χ1n) is 6.39. The number of aromatic nitrogens is 2. The van der Waals surface area contributed by atoms with Crippen LogP contribution >= 0.6 is 0 Å². The van der Waals surface area contributed by atoms with E-state index < -0.39 is 35.9 Å². The first-order chi connectivity index (χ1) is 9.67. The molecule has 1 aromatic heterocycles. The summed E-state index contributed by atoms with van der Waals surface area (Å²) in [6.07, 6.45) is 2.64. The van der Waals surface area contributed by atoms with Gasteiger partial charge in [0.05, 0.1) is 6.42 Å². The third-order valence-corrected chi connectivity index (χ3v) is 2.29. The van der Waals surface area contributed by atoms with E-state index >= 15 is 0 Å². The highest BCUT2D eigenvalue weighted by atomic mass is 16.6. The van der Waals surface area contributed by atoms with Gasteiger partial charge in [0.15, 0.2) is 0 Å². The van der Waals surface area contributed by atoms with Crippen LogP contribution in [-0.2, 0) is 25.7 Å². The van der Waals surface area contributed by atoms with Crippen molar-refractivity contribution in [2.24, 2.45) is 0 Å². The van der Waals surface area contributed by atoms with Crippen LogP contribution in [0, 0.1) is 0 Å². The Hall–Kier alpha value is -2.38. The highest BCUT2D eigenvalue weighted by molar-refractivity contribution is 5.87. The average Bonchev–Trinajstić information content (AvgIpc) is 2.77. The number of carboxylic acid groups (broad SMARTS) is 1. The predicted molar refractivity (Wildman–Crippen MR) is 72.3 cm³/mol. The van der Waals surface area contributed by atoms with Crippen LogP contribution in [0.4, 0.5) is 0 Å². The molecule has 1 rings (SSSR count). The molecule has 0 aliphatic carbocycles. The quantitative estimate of drug-likeness (QED) is 0.725. The number of esters is 1. The van der Waals surface area contributed by atoms with Gasteiger partial charge in [0, 0.05) is 12.4 Å². The molecule has 0 saturated carbocycles. The fraction of sp³-hybridized carbons (Fsp3) is 0.538. The zero-order valence-corrected chi connectivity index (χ0v) is 12.2. The molecule has 0 aliphatic rings. The lowest BCUT2D eigenvalue weighted by atomic mass is 10.1. The van der Waals surface area contributed by atoms with E-state index in [0.717, 1.165) is 0 Å². The molecule has 1 aromatic rings. The van der Waals surface area contributed by atoms with Gasteiger partial charge in [0.2, 0.25) is 5.91 Å². The number of carboxylic acids is 1. The van der Waals surface area contributed by atoms with E-state index in [1.165, 1.54) is 10.9 Å². The highest BCUT2D eigenvalue weighted by Gasteiger charge is 2.26. The predicted octanol–water partition coefficient (Wildman–Crippen LogP) is 0.184. The van der Waals surface area contributed by atoms with E-state index in [1.54, 1.807) is 33.0 Å². The summed E-state index contributed by atoms with van der Waals surface area (Å²) in [5.41, 5.74) is -0.709. The van der Waals surface area contributed by atoms with Gasteiger partial charge in [-0.2, -0.15) is 5.10 Å². The zero-order chi connectivity index (χ0) is 16.0. The van der Waals surface area contributed by atoms with Crippen molar-refractivity contribution >= 4 is 17.8 Å². The normalized spacial score (nSPS) is 12.5. The molecule has 1 amide bonds. The van der Waals surface area contributed by atoms with Gasteiger partial charge < -0.3 is 15.2 Å². The molecule has 116 valence electrons. The molecule has 0 aliphatic heterocycles. The number of carbonyl (C=O) groups excluding carboxylic acids is 2. The molecule has 0 bridgehead atoms.